The summed E-state index contributed by atoms with van der Waals surface area (Å²) in [6.07, 6.45) is 11.7. The summed E-state index contributed by atoms with van der Waals surface area (Å²) in [5.74, 6) is 1.38. The average molecular weight is 582 g/mol. The fourth-order valence-electron chi connectivity index (χ4n) is 4.15. The van der Waals surface area contributed by atoms with Gasteiger partial charge in [-0.25, -0.2) is 0 Å². The molecule has 0 aliphatic carbocycles. The quantitative estimate of drug-likeness (QED) is 0.0966. The number of benzene rings is 2. The Labute approximate surface area is 241 Å². The summed E-state index contributed by atoms with van der Waals surface area (Å²) in [6.45, 7) is 4.23. The molecule has 2 rings (SSSR count). The van der Waals surface area contributed by atoms with Gasteiger partial charge >= 0.3 is 0 Å². The van der Waals surface area contributed by atoms with E-state index in [1.807, 2.05) is 64.5 Å². The van der Waals surface area contributed by atoms with Gasteiger partial charge in [0.2, 0.25) is 0 Å². The minimum atomic E-state index is -4.53. The second-order valence-electron chi connectivity index (χ2n) is 11.6. The lowest BCUT2D eigenvalue weighted by atomic mass is 10.1. The van der Waals surface area contributed by atoms with Crippen molar-refractivity contribution in [1.29, 1.82) is 0 Å². The second-order valence-corrected chi connectivity index (χ2v) is 13.0. The number of fused-ring (bicyclic) bond motifs is 1. The number of quaternary nitrogens is 1. The summed E-state index contributed by atoms with van der Waals surface area (Å²) in [4.78, 5) is 12.1. The minimum Gasteiger partial charge on any atom is -0.756 e. The van der Waals surface area contributed by atoms with E-state index in [2.05, 4.69) is 6.92 Å². The lowest BCUT2D eigenvalue weighted by Crippen LogP contribution is -2.45. The average Bonchev–Trinajstić information content (AvgIpc) is 2.92. The maximum Gasteiger partial charge on any atom is 0.268 e. The Morgan fingerprint density at radius 1 is 0.775 bits per heavy atom. The first-order chi connectivity index (χ1) is 19.0. The van der Waals surface area contributed by atoms with E-state index in [-0.39, 0.29) is 19.3 Å². The van der Waals surface area contributed by atoms with Gasteiger partial charge in [-0.05, 0) is 25.5 Å². The summed E-state index contributed by atoms with van der Waals surface area (Å²) in [6, 6.07) is 11.4. The van der Waals surface area contributed by atoms with Crippen LogP contribution in [0.5, 0.6) is 11.5 Å². The number of likely N-dealkylation sites (N-methyl/N-ethyl adjacent to an activating group) is 1. The molecule has 2 aromatic carbocycles. The largest absolute Gasteiger partial charge is 0.756 e. The SMILES string of the molecule is CCCCCCCCCCCCOc1cccc2c(OCC(O)COP(=O)([O-])OCC(C)[N+](C)(C)C)cccc12. The number of aliphatic hydroxyl groups excluding tert-OH is 1. The molecule has 0 spiro atoms. The molecule has 0 aliphatic rings. The van der Waals surface area contributed by atoms with Crippen molar-refractivity contribution in [2.24, 2.45) is 0 Å². The Morgan fingerprint density at radius 3 is 1.82 bits per heavy atom. The van der Waals surface area contributed by atoms with Crippen LogP contribution in [-0.4, -0.2) is 69.3 Å². The second kappa shape index (κ2) is 18.0. The summed E-state index contributed by atoms with van der Waals surface area (Å²) in [7, 11) is 1.32. The molecule has 9 heteroatoms. The normalized spacial score (nSPS) is 15.1. The van der Waals surface area contributed by atoms with Crippen molar-refractivity contribution < 1.29 is 37.6 Å². The molecule has 228 valence electrons. The van der Waals surface area contributed by atoms with Gasteiger partial charge in [0.1, 0.15) is 36.9 Å². The number of ether oxygens (including phenoxy) is 2. The van der Waals surface area contributed by atoms with Crippen LogP contribution in [0.2, 0.25) is 0 Å². The fraction of sp³-hybridized carbons (Fsp3) is 0.677. The predicted octanol–water partition coefficient (Wildman–Crippen LogP) is 6.48. The Bertz CT molecular complexity index is 1030. The van der Waals surface area contributed by atoms with Gasteiger partial charge in [0.25, 0.3) is 7.82 Å². The van der Waals surface area contributed by atoms with Gasteiger partial charge in [-0.3, -0.25) is 4.57 Å². The molecule has 3 unspecified atom stereocenters. The van der Waals surface area contributed by atoms with Gasteiger partial charge in [0.15, 0.2) is 0 Å². The summed E-state index contributed by atoms with van der Waals surface area (Å²) >= 11 is 0. The molecule has 0 heterocycles. The number of rotatable bonds is 22. The highest BCUT2D eigenvalue weighted by Crippen LogP contribution is 2.39. The molecule has 0 aromatic heterocycles. The molecule has 0 aliphatic heterocycles. The van der Waals surface area contributed by atoms with Crippen molar-refractivity contribution in [1.82, 2.24) is 0 Å². The molecule has 0 amide bonds. The van der Waals surface area contributed by atoms with Crippen molar-refractivity contribution in [2.75, 3.05) is 47.6 Å². The van der Waals surface area contributed by atoms with Gasteiger partial charge in [-0.2, -0.15) is 0 Å². The highest BCUT2D eigenvalue weighted by Gasteiger charge is 2.22. The van der Waals surface area contributed by atoms with Gasteiger partial charge in [0, 0.05) is 10.8 Å². The Morgan fingerprint density at radius 2 is 1.27 bits per heavy atom. The van der Waals surface area contributed by atoms with Crippen LogP contribution in [0.1, 0.15) is 78.1 Å². The maximum atomic E-state index is 12.1. The molecule has 0 fully saturated rings. The van der Waals surface area contributed by atoms with Gasteiger partial charge in [-0.15, -0.1) is 0 Å². The lowest BCUT2D eigenvalue weighted by Gasteiger charge is -2.33. The van der Waals surface area contributed by atoms with Crippen molar-refractivity contribution in [3.63, 3.8) is 0 Å². The van der Waals surface area contributed by atoms with E-state index in [9.17, 15) is 14.6 Å². The van der Waals surface area contributed by atoms with Crippen LogP contribution >= 0.6 is 7.82 Å². The summed E-state index contributed by atoms with van der Waals surface area (Å²) < 4.78 is 34.4. The zero-order valence-corrected chi connectivity index (χ0v) is 26.2. The number of nitrogens with zero attached hydrogens (tertiary/aromatic N) is 1. The predicted molar refractivity (Wildman–Crippen MR) is 160 cm³/mol. The number of hydrogen-bond acceptors (Lipinski definition) is 7. The summed E-state index contributed by atoms with van der Waals surface area (Å²) in [5.41, 5.74) is 0. The Balaban J connectivity index is 1.76. The van der Waals surface area contributed by atoms with Gasteiger partial charge in [0.05, 0.1) is 34.4 Å². The van der Waals surface area contributed by atoms with E-state index in [1.165, 1.54) is 57.8 Å². The first kappa shape index (κ1) is 34.5. The zero-order chi connectivity index (χ0) is 29.4. The molecule has 1 N–H and O–H groups in total. The zero-order valence-electron chi connectivity index (χ0n) is 25.3. The molecule has 0 saturated carbocycles. The Hall–Kier alpha value is -1.67. The Kier molecular flexibility index (Phi) is 15.5. The highest BCUT2D eigenvalue weighted by molar-refractivity contribution is 7.45. The lowest BCUT2D eigenvalue weighted by molar-refractivity contribution is -0.894. The third-order valence-corrected chi connectivity index (χ3v) is 8.18. The van der Waals surface area contributed by atoms with Crippen molar-refractivity contribution in [3.8, 4) is 11.5 Å². The van der Waals surface area contributed by atoms with E-state index < -0.39 is 20.5 Å². The molecule has 40 heavy (non-hydrogen) atoms. The van der Waals surface area contributed by atoms with E-state index in [0.717, 1.165) is 22.9 Å². The molecule has 8 nitrogen and oxygen atoms in total. The minimum absolute atomic E-state index is 0.00350. The third-order valence-electron chi connectivity index (χ3n) is 7.25. The van der Waals surface area contributed by atoms with Crippen LogP contribution < -0.4 is 14.4 Å². The molecule has 0 bridgehead atoms. The number of phosphoric ester groups is 1. The van der Waals surface area contributed by atoms with Crippen LogP contribution in [0.25, 0.3) is 10.8 Å². The topological polar surface area (TPSA) is 97.3 Å². The molecular weight excluding hydrogens is 529 g/mol. The van der Waals surface area contributed by atoms with Crippen molar-refractivity contribution in [2.45, 2.75) is 90.2 Å². The monoisotopic (exact) mass is 581 g/mol. The van der Waals surface area contributed by atoms with E-state index in [0.29, 0.717) is 16.8 Å². The van der Waals surface area contributed by atoms with Gasteiger partial charge < -0.3 is 33.0 Å². The molecule has 3 atom stereocenters. The standard InChI is InChI=1S/C31H52NO7P/c1-6-7-8-9-10-11-12-13-14-15-22-36-30-20-16-19-29-28(30)18-17-21-31(29)37-24-27(33)25-39-40(34,35)38-23-26(2)32(3,4)5/h16-21,26-27,33H,6-15,22-25H2,1-5H3. The maximum absolute atomic E-state index is 12.1. The molecule has 0 saturated heterocycles. The third kappa shape index (κ3) is 13.3. The van der Waals surface area contributed by atoms with Crippen LogP contribution in [0, 0.1) is 0 Å². The molecule has 0 radical (unpaired) electrons. The van der Waals surface area contributed by atoms with E-state index in [1.54, 1.807) is 0 Å². The van der Waals surface area contributed by atoms with Crippen molar-refractivity contribution >= 4 is 18.6 Å². The van der Waals surface area contributed by atoms with Crippen LogP contribution in [-0.2, 0) is 13.6 Å². The number of hydrogen-bond donors (Lipinski definition) is 1. The molecule has 2 aromatic rings. The van der Waals surface area contributed by atoms with E-state index in [4.69, 9.17) is 18.5 Å². The van der Waals surface area contributed by atoms with Crippen LogP contribution in [0.4, 0.5) is 0 Å². The number of phosphoric acid groups is 1. The smallest absolute Gasteiger partial charge is 0.268 e. The van der Waals surface area contributed by atoms with Crippen LogP contribution in [0.3, 0.4) is 0 Å². The van der Waals surface area contributed by atoms with Crippen molar-refractivity contribution in [3.05, 3.63) is 36.4 Å². The van der Waals surface area contributed by atoms with Crippen LogP contribution in [0.15, 0.2) is 36.4 Å². The summed E-state index contributed by atoms with van der Waals surface area (Å²) in [5, 5.41) is 12.1. The number of unbranched alkanes of at least 4 members (excludes halogenated alkanes) is 9. The van der Waals surface area contributed by atoms with Gasteiger partial charge in [-0.1, -0.05) is 89.0 Å². The molecular formula is C31H52NO7P. The first-order valence-electron chi connectivity index (χ1n) is 14.9. The number of aliphatic hydroxyl groups is 1. The van der Waals surface area contributed by atoms with E-state index >= 15 is 0 Å². The highest BCUT2D eigenvalue weighted by atomic mass is 31.2. The first-order valence-corrected chi connectivity index (χ1v) is 16.4. The fourth-order valence-corrected chi connectivity index (χ4v) is 4.97.